The van der Waals surface area contributed by atoms with Crippen LogP contribution >= 0.6 is 35.3 Å². The zero-order valence-corrected chi connectivity index (χ0v) is 20.4. The summed E-state index contributed by atoms with van der Waals surface area (Å²) in [7, 11) is 5.79. The molecule has 0 bridgehead atoms. The van der Waals surface area contributed by atoms with E-state index in [1.807, 2.05) is 37.2 Å². The smallest absolute Gasteiger partial charge is 0.191 e. The maximum absolute atomic E-state index is 5.52. The van der Waals surface area contributed by atoms with Gasteiger partial charge >= 0.3 is 0 Å². The molecule has 2 aromatic rings. The summed E-state index contributed by atoms with van der Waals surface area (Å²) >= 11 is 1.80. The fourth-order valence-corrected chi connectivity index (χ4v) is 4.04. The van der Waals surface area contributed by atoms with Crippen LogP contribution in [-0.2, 0) is 11.3 Å². The number of halogens is 1. The third kappa shape index (κ3) is 7.09. The fourth-order valence-electron chi connectivity index (χ4n) is 3.18. The average molecular weight is 530 g/mol. The van der Waals surface area contributed by atoms with Crippen molar-refractivity contribution in [3.05, 3.63) is 46.3 Å². The number of nitrogens with one attached hydrogen (secondary N) is 2. The molecular formula is C20H31IN6OS. The fraction of sp³-hybridized carbons (Fsp3) is 0.500. The summed E-state index contributed by atoms with van der Waals surface area (Å²) in [6.45, 7) is 4.93. The van der Waals surface area contributed by atoms with Gasteiger partial charge in [-0.3, -0.25) is 9.89 Å². The van der Waals surface area contributed by atoms with Crippen LogP contribution < -0.4 is 15.5 Å². The Hall–Kier alpha value is -1.43. The van der Waals surface area contributed by atoms with Gasteiger partial charge in [-0.15, -0.1) is 35.3 Å². The highest BCUT2D eigenvalue weighted by Crippen LogP contribution is 2.25. The molecule has 0 aliphatic carbocycles. The van der Waals surface area contributed by atoms with Crippen molar-refractivity contribution >= 4 is 47.1 Å². The van der Waals surface area contributed by atoms with Crippen molar-refractivity contribution in [3.8, 4) is 0 Å². The third-order valence-corrected chi connectivity index (χ3v) is 5.71. The van der Waals surface area contributed by atoms with Crippen LogP contribution in [0.4, 0.5) is 5.82 Å². The van der Waals surface area contributed by atoms with Gasteiger partial charge in [-0.1, -0.05) is 12.1 Å². The molecule has 9 heteroatoms. The monoisotopic (exact) mass is 530 g/mol. The van der Waals surface area contributed by atoms with E-state index < -0.39 is 0 Å². The SMILES string of the molecule is CN=C(NCc1cccc(N(C)C)n1)NCC(c1cccs1)N1CCOCC1.I. The van der Waals surface area contributed by atoms with Gasteiger partial charge in [0.2, 0.25) is 0 Å². The maximum atomic E-state index is 5.52. The van der Waals surface area contributed by atoms with E-state index in [9.17, 15) is 0 Å². The summed E-state index contributed by atoms with van der Waals surface area (Å²) in [6, 6.07) is 10.7. The van der Waals surface area contributed by atoms with Gasteiger partial charge in [0.15, 0.2) is 5.96 Å². The van der Waals surface area contributed by atoms with Crippen LogP contribution in [0.1, 0.15) is 16.6 Å². The van der Waals surface area contributed by atoms with E-state index in [0.29, 0.717) is 12.6 Å². The van der Waals surface area contributed by atoms with E-state index in [2.05, 4.69) is 43.0 Å². The molecule has 1 unspecified atom stereocenters. The van der Waals surface area contributed by atoms with E-state index in [1.54, 1.807) is 18.4 Å². The third-order valence-electron chi connectivity index (χ3n) is 4.73. The molecule has 2 aromatic heterocycles. The Labute approximate surface area is 194 Å². The first-order chi connectivity index (χ1) is 13.7. The number of anilines is 1. The van der Waals surface area contributed by atoms with Crippen LogP contribution in [0.5, 0.6) is 0 Å². The standard InChI is InChI=1S/C20H30N6OS.HI/c1-21-20(22-14-16-6-4-8-19(24-16)25(2)3)23-15-17(18-7-5-13-28-18)26-9-11-27-12-10-26;/h4-8,13,17H,9-12,14-15H2,1-3H3,(H2,21,22,23);1H. The molecule has 1 saturated heterocycles. The van der Waals surface area contributed by atoms with Gasteiger partial charge in [0.1, 0.15) is 5.82 Å². The second-order valence-corrected chi connectivity index (χ2v) is 7.85. The number of aliphatic imine (C=N–C) groups is 1. The van der Waals surface area contributed by atoms with Gasteiger partial charge in [-0.05, 0) is 23.6 Å². The number of hydrogen-bond donors (Lipinski definition) is 2. The molecule has 0 aromatic carbocycles. The van der Waals surface area contributed by atoms with Crippen molar-refractivity contribution < 1.29 is 4.74 Å². The van der Waals surface area contributed by atoms with Gasteiger partial charge in [0.25, 0.3) is 0 Å². The first-order valence-electron chi connectivity index (χ1n) is 9.60. The Morgan fingerprint density at radius 3 is 2.69 bits per heavy atom. The predicted octanol–water partition coefficient (Wildman–Crippen LogP) is 2.57. The molecule has 1 aliphatic heterocycles. The van der Waals surface area contributed by atoms with Gasteiger partial charge < -0.3 is 20.3 Å². The second-order valence-electron chi connectivity index (χ2n) is 6.87. The number of thiophene rings is 1. The maximum Gasteiger partial charge on any atom is 0.191 e. The highest BCUT2D eigenvalue weighted by atomic mass is 127. The van der Waals surface area contributed by atoms with Crippen LogP contribution in [0.15, 0.2) is 40.7 Å². The summed E-state index contributed by atoms with van der Waals surface area (Å²) in [5.41, 5.74) is 0.983. The Morgan fingerprint density at radius 2 is 2.03 bits per heavy atom. The molecule has 0 spiro atoms. The molecule has 3 rings (SSSR count). The molecule has 1 atom stereocenters. The van der Waals surface area contributed by atoms with Crippen LogP contribution in [0.25, 0.3) is 0 Å². The first-order valence-corrected chi connectivity index (χ1v) is 10.5. The lowest BCUT2D eigenvalue weighted by Gasteiger charge is -2.34. The summed E-state index contributed by atoms with van der Waals surface area (Å²) in [5.74, 6) is 1.74. The zero-order chi connectivity index (χ0) is 19.8. The molecule has 0 radical (unpaired) electrons. The molecular weight excluding hydrogens is 499 g/mol. The summed E-state index contributed by atoms with van der Waals surface area (Å²) in [5, 5.41) is 9.00. The van der Waals surface area contributed by atoms with E-state index >= 15 is 0 Å². The number of aromatic nitrogens is 1. The topological polar surface area (TPSA) is 65.0 Å². The molecule has 2 N–H and O–H groups in total. The summed E-state index contributed by atoms with van der Waals surface area (Å²) in [6.07, 6.45) is 0. The van der Waals surface area contributed by atoms with Crippen molar-refractivity contribution in [1.82, 2.24) is 20.5 Å². The summed E-state index contributed by atoms with van der Waals surface area (Å²) in [4.78, 5) is 14.9. The Bertz CT molecular complexity index is 749. The van der Waals surface area contributed by atoms with Crippen LogP contribution in [-0.4, -0.2) is 69.8 Å². The van der Waals surface area contributed by atoms with Gasteiger partial charge in [-0.2, -0.15) is 0 Å². The van der Waals surface area contributed by atoms with Gasteiger partial charge in [-0.25, -0.2) is 4.98 Å². The Balaban J connectivity index is 0.00000300. The molecule has 3 heterocycles. The average Bonchev–Trinajstić information content (AvgIpc) is 3.26. The quantitative estimate of drug-likeness (QED) is 0.326. The normalized spacial score (nSPS) is 16.0. The van der Waals surface area contributed by atoms with E-state index in [1.165, 1.54) is 4.88 Å². The summed E-state index contributed by atoms with van der Waals surface area (Å²) < 4.78 is 5.52. The number of guanidine groups is 1. The number of nitrogens with zero attached hydrogens (tertiary/aromatic N) is 4. The lowest BCUT2D eigenvalue weighted by molar-refractivity contribution is 0.0177. The minimum atomic E-state index is 0. The van der Waals surface area contributed by atoms with E-state index in [-0.39, 0.29) is 24.0 Å². The Kier molecular flexibility index (Phi) is 10.1. The Morgan fingerprint density at radius 1 is 1.24 bits per heavy atom. The lowest BCUT2D eigenvalue weighted by Crippen LogP contribution is -2.46. The molecule has 7 nitrogen and oxygen atoms in total. The number of pyridine rings is 1. The van der Waals surface area contributed by atoms with Gasteiger partial charge in [0.05, 0.1) is 31.5 Å². The van der Waals surface area contributed by atoms with Crippen molar-refractivity contribution in [2.24, 2.45) is 4.99 Å². The van der Waals surface area contributed by atoms with E-state index in [0.717, 1.165) is 50.3 Å². The van der Waals surface area contributed by atoms with Crippen LogP contribution in [0.3, 0.4) is 0 Å². The number of rotatable bonds is 7. The highest BCUT2D eigenvalue weighted by Gasteiger charge is 2.23. The van der Waals surface area contributed by atoms with Crippen molar-refractivity contribution in [3.63, 3.8) is 0 Å². The molecule has 1 aliphatic rings. The van der Waals surface area contributed by atoms with Crippen molar-refractivity contribution in [2.75, 3.05) is 58.9 Å². The van der Waals surface area contributed by atoms with Crippen molar-refractivity contribution in [2.45, 2.75) is 12.6 Å². The van der Waals surface area contributed by atoms with Crippen LogP contribution in [0, 0.1) is 0 Å². The molecule has 0 amide bonds. The number of hydrogen-bond acceptors (Lipinski definition) is 6. The van der Waals surface area contributed by atoms with Gasteiger partial charge in [0, 0.05) is 45.7 Å². The van der Waals surface area contributed by atoms with E-state index in [4.69, 9.17) is 4.74 Å². The minimum absolute atomic E-state index is 0. The number of ether oxygens (including phenoxy) is 1. The lowest BCUT2D eigenvalue weighted by atomic mass is 10.2. The predicted molar refractivity (Wildman–Crippen MR) is 132 cm³/mol. The second kappa shape index (κ2) is 12.3. The van der Waals surface area contributed by atoms with Crippen LogP contribution in [0.2, 0.25) is 0 Å². The highest BCUT2D eigenvalue weighted by molar-refractivity contribution is 14.0. The largest absolute Gasteiger partial charge is 0.379 e. The first kappa shape index (κ1) is 23.8. The van der Waals surface area contributed by atoms with Crippen molar-refractivity contribution in [1.29, 1.82) is 0 Å². The molecule has 29 heavy (non-hydrogen) atoms. The zero-order valence-electron chi connectivity index (χ0n) is 17.3. The molecule has 1 fully saturated rings. The molecule has 0 saturated carbocycles. The minimum Gasteiger partial charge on any atom is -0.379 e. The molecule has 160 valence electrons. The number of morpholine rings is 1.